The fraction of sp³-hybridized carbons (Fsp3) is 0.350. The molecular weight excluding hydrogens is 390 g/mol. The van der Waals surface area contributed by atoms with E-state index in [-0.39, 0.29) is 10.8 Å². The highest BCUT2D eigenvalue weighted by molar-refractivity contribution is 7.89. The van der Waals surface area contributed by atoms with Crippen molar-refractivity contribution in [2.75, 3.05) is 0 Å². The van der Waals surface area contributed by atoms with Gasteiger partial charge in [0.2, 0.25) is 10.0 Å². The van der Waals surface area contributed by atoms with E-state index in [1.165, 1.54) is 18.5 Å². The molecule has 0 bridgehead atoms. The summed E-state index contributed by atoms with van der Waals surface area (Å²) in [5.41, 5.74) is 0.904. The average Bonchev–Trinajstić information content (AvgIpc) is 3.12. The third-order valence-corrected chi connectivity index (χ3v) is 6.64. The second-order valence-corrected chi connectivity index (χ2v) is 8.97. The SMILES string of the molecule is Cc1nc([C@H]2CC[C@@H](O)[C@H](NS(=O)(=O)c3cccnc3)C2)n(-c2ccccc2)n1. The maximum absolute atomic E-state index is 12.7. The molecule has 0 radical (unpaired) electrons. The first-order valence-electron chi connectivity index (χ1n) is 9.53. The number of aliphatic hydroxyl groups is 1. The van der Waals surface area contributed by atoms with Crippen LogP contribution in [0.15, 0.2) is 59.8 Å². The minimum Gasteiger partial charge on any atom is -0.391 e. The van der Waals surface area contributed by atoms with Crippen molar-refractivity contribution < 1.29 is 13.5 Å². The van der Waals surface area contributed by atoms with Crippen molar-refractivity contribution in [1.82, 2.24) is 24.5 Å². The van der Waals surface area contributed by atoms with E-state index in [0.29, 0.717) is 25.1 Å². The number of hydrogen-bond donors (Lipinski definition) is 2. The van der Waals surface area contributed by atoms with Crippen LogP contribution in [-0.4, -0.2) is 45.4 Å². The van der Waals surface area contributed by atoms with Gasteiger partial charge in [-0.2, -0.15) is 5.10 Å². The highest BCUT2D eigenvalue weighted by atomic mass is 32.2. The smallest absolute Gasteiger partial charge is 0.242 e. The Labute approximate surface area is 169 Å². The molecule has 8 nitrogen and oxygen atoms in total. The van der Waals surface area contributed by atoms with Crippen molar-refractivity contribution in [3.05, 3.63) is 66.5 Å². The summed E-state index contributed by atoms with van der Waals surface area (Å²) >= 11 is 0. The highest BCUT2D eigenvalue weighted by Crippen LogP contribution is 2.34. The molecule has 29 heavy (non-hydrogen) atoms. The third-order valence-electron chi connectivity index (χ3n) is 5.17. The summed E-state index contributed by atoms with van der Waals surface area (Å²) in [6.45, 7) is 1.84. The van der Waals surface area contributed by atoms with Crippen LogP contribution in [-0.2, 0) is 10.0 Å². The van der Waals surface area contributed by atoms with E-state index in [0.717, 1.165) is 11.5 Å². The van der Waals surface area contributed by atoms with E-state index in [1.807, 2.05) is 41.9 Å². The van der Waals surface area contributed by atoms with Gasteiger partial charge in [-0.1, -0.05) is 18.2 Å². The lowest BCUT2D eigenvalue weighted by atomic mass is 9.83. The van der Waals surface area contributed by atoms with E-state index < -0.39 is 22.2 Å². The van der Waals surface area contributed by atoms with Gasteiger partial charge in [0.15, 0.2) is 0 Å². The maximum atomic E-state index is 12.7. The summed E-state index contributed by atoms with van der Waals surface area (Å²) in [6.07, 6.45) is 3.68. The van der Waals surface area contributed by atoms with Crippen LogP contribution in [0.1, 0.15) is 36.8 Å². The Hall–Kier alpha value is -2.62. The van der Waals surface area contributed by atoms with Crippen LogP contribution >= 0.6 is 0 Å². The number of nitrogens with zero attached hydrogens (tertiary/aromatic N) is 4. The molecule has 0 saturated heterocycles. The van der Waals surface area contributed by atoms with Crippen molar-refractivity contribution >= 4 is 10.0 Å². The Morgan fingerprint density at radius 3 is 2.66 bits per heavy atom. The maximum Gasteiger partial charge on any atom is 0.242 e. The molecule has 2 N–H and O–H groups in total. The second kappa shape index (κ2) is 8.02. The molecule has 3 atom stereocenters. The van der Waals surface area contributed by atoms with Gasteiger partial charge in [-0.05, 0) is 50.5 Å². The first-order chi connectivity index (χ1) is 13.9. The molecule has 3 aromatic rings. The number of para-hydroxylation sites is 1. The summed E-state index contributed by atoms with van der Waals surface area (Å²) in [7, 11) is -3.77. The van der Waals surface area contributed by atoms with Gasteiger partial charge < -0.3 is 5.11 Å². The van der Waals surface area contributed by atoms with Crippen LogP contribution in [0.3, 0.4) is 0 Å². The Morgan fingerprint density at radius 1 is 1.14 bits per heavy atom. The first kappa shape index (κ1) is 19.7. The third kappa shape index (κ3) is 4.21. The number of aliphatic hydroxyl groups excluding tert-OH is 1. The molecule has 9 heteroatoms. The van der Waals surface area contributed by atoms with Crippen molar-refractivity contribution in [2.24, 2.45) is 0 Å². The van der Waals surface area contributed by atoms with Gasteiger partial charge in [0, 0.05) is 24.4 Å². The standard InChI is InChI=1S/C20H23N5O3S/c1-14-22-20(25(23-14)16-6-3-2-4-7-16)15-9-10-19(26)18(12-15)24-29(27,28)17-8-5-11-21-13-17/h2-8,11,13,15,18-19,24,26H,9-10,12H2,1H3/t15-,18+,19+/m0/s1. The van der Waals surface area contributed by atoms with Crippen molar-refractivity contribution in [3.8, 4) is 5.69 Å². The summed E-state index contributed by atoms with van der Waals surface area (Å²) in [6, 6.07) is 12.2. The second-order valence-electron chi connectivity index (χ2n) is 7.26. The van der Waals surface area contributed by atoms with E-state index in [4.69, 9.17) is 0 Å². The molecule has 1 saturated carbocycles. The number of aryl methyl sites for hydroxylation is 1. The van der Waals surface area contributed by atoms with Crippen LogP contribution in [0.25, 0.3) is 5.69 Å². The van der Waals surface area contributed by atoms with Gasteiger partial charge >= 0.3 is 0 Å². The largest absolute Gasteiger partial charge is 0.391 e. The number of sulfonamides is 1. The monoisotopic (exact) mass is 413 g/mol. The predicted octanol–water partition coefficient (Wildman–Crippen LogP) is 1.95. The number of hydrogen-bond acceptors (Lipinski definition) is 6. The lowest BCUT2D eigenvalue weighted by Gasteiger charge is -2.33. The molecule has 1 aliphatic rings. The van der Waals surface area contributed by atoms with E-state index in [9.17, 15) is 13.5 Å². The molecule has 4 rings (SSSR count). The first-order valence-corrected chi connectivity index (χ1v) is 11.0. The molecule has 2 aromatic heterocycles. The minimum atomic E-state index is -3.77. The number of benzene rings is 1. The Balaban J connectivity index is 1.59. The van der Waals surface area contributed by atoms with Gasteiger partial charge in [0.1, 0.15) is 16.5 Å². The van der Waals surface area contributed by atoms with Gasteiger partial charge in [-0.25, -0.2) is 22.8 Å². The van der Waals surface area contributed by atoms with Crippen LogP contribution in [0, 0.1) is 6.92 Å². The molecule has 1 aromatic carbocycles. The molecule has 0 spiro atoms. The average molecular weight is 414 g/mol. The zero-order valence-electron chi connectivity index (χ0n) is 16.0. The molecule has 1 aliphatic carbocycles. The summed E-state index contributed by atoms with van der Waals surface area (Å²) in [4.78, 5) is 8.56. The predicted molar refractivity (Wildman–Crippen MR) is 107 cm³/mol. The zero-order valence-corrected chi connectivity index (χ0v) is 16.8. The summed E-state index contributed by atoms with van der Waals surface area (Å²) in [5.74, 6) is 1.41. The molecule has 2 heterocycles. The van der Waals surface area contributed by atoms with Crippen LogP contribution in [0.2, 0.25) is 0 Å². The number of nitrogens with one attached hydrogen (secondary N) is 1. The highest BCUT2D eigenvalue weighted by Gasteiger charge is 2.35. The van der Waals surface area contributed by atoms with E-state index in [1.54, 1.807) is 6.07 Å². The molecule has 1 fully saturated rings. The molecule has 152 valence electrons. The number of pyridine rings is 1. The van der Waals surface area contributed by atoms with Crippen molar-refractivity contribution in [2.45, 2.75) is 49.1 Å². The van der Waals surface area contributed by atoms with Gasteiger partial charge in [0.05, 0.1) is 11.8 Å². The molecule has 0 unspecified atom stereocenters. The van der Waals surface area contributed by atoms with E-state index >= 15 is 0 Å². The van der Waals surface area contributed by atoms with Gasteiger partial charge in [-0.15, -0.1) is 0 Å². The molecule has 0 amide bonds. The van der Waals surface area contributed by atoms with Crippen LogP contribution < -0.4 is 4.72 Å². The number of rotatable bonds is 5. The quantitative estimate of drug-likeness (QED) is 0.662. The zero-order chi connectivity index (χ0) is 20.4. The van der Waals surface area contributed by atoms with Crippen LogP contribution in [0.4, 0.5) is 0 Å². The van der Waals surface area contributed by atoms with Crippen molar-refractivity contribution in [1.29, 1.82) is 0 Å². The van der Waals surface area contributed by atoms with Gasteiger partial charge in [0.25, 0.3) is 0 Å². The topological polar surface area (TPSA) is 110 Å². The minimum absolute atomic E-state index is 0.0265. The summed E-state index contributed by atoms with van der Waals surface area (Å²) in [5, 5.41) is 15.0. The lowest BCUT2D eigenvalue weighted by Crippen LogP contribution is -2.46. The molecular formula is C20H23N5O3S. The lowest BCUT2D eigenvalue weighted by molar-refractivity contribution is 0.0918. The Morgan fingerprint density at radius 2 is 1.93 bits per heavy atom. The normalized spacial score (nSPS) is 22.5. The number of aromatic nitrogens is 4. The Bertz CT molecular complexity index is 1070. The van der Waals surface area contributed by atoms with Crippen molar-refractivity contribution in [3.63, 3.8) is 0 Å². The fourth-order valence-electron chi connectivity index (χ4n) is 3.74. The van der Waals surface area contributed by atoms with Crippen LogP contribution in [0.5, 0.6) is 0 Å². The summed E-state index contributed by atoms with van der Waals surface area (Å²) < 4.78 is 29.8. The molecule has 0 aliphatic heterocycles. The Kier molecular flexibility index (Phi) is 5.44. The van der Waals surface area contributed by atoms with E-state index in [2.05, 4.69) is 19.8 Å². The van der Waals surface area contributed by atoms with Gasteiger partial charge in [-0.3, -0.25) is 4.98 Å². The fourth-order valence-corrected chi connectivity index (χ4v) is 4.99.